The number of aliphatic hydroxyl groups is 1. The fraction of sp³-hybridized carbons (Fsp3) is 0.429. The lowest BCUT2D eigenvalue weighted by Crippen LogP contribution is -2.35. The minimum atomic E-state index is -0.417. The molecule has 5 nitrogen and oxygen atoms in total. The van der Waals surface area contributed by atoms with E-state index in [0.717, 1.165) is 23.4 Å². The fourth-order valence-electron chi connectivity index (χ4n) is 2.18. The molecule has 2 aromatic rings. The van der Waals surface area contributed by atoms with Gasteiger partial charge in [0.25, 0.3) is 5.91 Å². The predicted octanol–water partition coefficient (Wildman–Crippen LogP) is 1.98. The second-order valence-corrected chi connectivity index (χ2v) is 6.18. The number of hydrogen-bond acceptors (Lipinski definition) is 4. The number of hydrogen-bond donors (Lipinski definition) is 2. The first-order valence-electron chi connectivity index (χ1n) is 6.68. The number of likely N-dealkylation sites (N-methyl/N-ethyl adjacent to an activating group) is 1. The molecule has 0 aliphatic heterocycles. The minimum Gasteiger partial charge on any atom is -0.391 e. The summed E-state index contributed by atoms with van der Waals surface area (Å²) in [5, 5.41) is 18.8. The van der Waals surface area contributed by atoms with Gasteiger partial charge in [0.15, 0.2) is 5.69 Å². The SMILES string of the molecule is CN(CC(O)C1CC1)C(=O)c1cc(-c2cccs2)[nH]n1. The summed E-state index contributed by atoms with van der Waals surface area (Å²) in [6.45, 7) is 0.366. The number of nitrogens with one attached hydrogen (secondary N) is 1. The number of aromatic nitrogens is 2. The quantitative estimate of drug-likeness (QED) is 0.885. The zero-order valence-corrected chi connectivity index (χ0v) is 12.1. The van der Waals surface area contributed by atoms with Crippen LogP contribution in [0.25, 0.3) is 10.6 Å². The second kappa shape index (κ2) is 5.38. The van der Waals surface area contributed by atoms with E-state index in [9.17, 15) is 9.90 Å². The first-order chi connectivity index (χ1) is 9.65. The van der Waals surface area contributed by atoms with Crippen LogP contribution in [-0.2, 0) is 0 Å². The maximum atomic E-state index is 12.2. The van der Waals surface area contributed by atoms with Crippen LogP contribution in [0.4, 0.5) is 0 Å². The van der Waals surface area contributed by atoms with E-state index in [-0.39, 0.29) is 5.91 Å². The Morgan fingerprint density at radius 3 is 3.10 bits per heavy atom. The molecular formula is C14H17N3O2S. The zero-order chi connectivity index (χ0) is 14.1. The highest BCUT2D eigenvalue weighted by Crippen LogP contribution is 2.32. The van der Waals surface area contributed by atoms with Crippen molar-refractivity contribution in [3.63, 3.8) is 0 Å². The molecule has 1 fully saturated rings. The molecule has 6 heteroatoms. The lowest BCUT2D eigenvalue weighted by molar-refractivity contribution is 0.0640. The largest absolute Gasteiger partial charge is 0.391 e. The summed E-state index contributed by atoms with van der Waals surface area (Å²) in [7, 11) is 1.70. The van der Waals surface area contributed by atoms with Crippen molar-refractivity contribution >= 4 is 17.2 Å². The molecule has 0 aromatic carbocycles. The van der Waals surface area contributed by atoms with Crippen LogP contribution >= 0.6 is 11.3 Å². The molecular weight excluding hydrogens is 274 g/mol. The molecule has 0 radical (unpaired) electrons. The molecule has 1 amide bonds. The minimum absolute atomic E-state index is 0.163. The molecule has 3 rings (SSSR count). The molecule has 1 atom stereocenters. The third kappa shape index (κ3) is 2.76. The average molecular weight is 291 g/mol. The topological polar surface area (TPSA) is 69.2 Å². The number of carbonyl (C=O) groups excluding carboxylic acids is 1. The third-order valence-electron chi connectivity index (χ3n) is 3.56. The maximum absolute atomic E-state index is 12.2. The molecule has 0 saturated heterocycles. The number of aliphatic hydroxyl groups excluding tert-OH is 1. The summed E-state index contributed by atoms with van der Waals surface area (Å²) in [6.07, 6.45) is 1.71. The molecule has 1 aliphatic rings. The van der Waals surface area contributed by atoms with E-state index in [1.54, 1.807) is 24.5 Å². The van der Waals surface area contributed by atoms with Crippen molar-refractivity contribution in [1.29, 1.82) is 0 Å². The van der Waals surface area contributed by atoms with Gasteiger partial charge < -0.3 is 10.0 Å². The van der Waals surface area contributed by atoms with Crippen molar-refractivity contribution in [3.05, 3.63) is 29.3 Å². The Labute approximate surface area is 121 Å². The summed E-state index contributed by atoms with van der Waals surface area (Å²) in [6, 6.07) is 5.70. The van der Waals surface area contributed by atoms with Crippen LogP contribution in [-0.4, -0.2) is 45.8 Å². The van der Waals surface area contributed by atoms with E-state index < -0.39 is 6.10 Å². The molecule has 2 heterocycles. The number of H-pyrrole nitrogens is 1. The third-order valence-corrected chi connectivity index (χ3v) is 4.46. The second-order valence-electron chi connectivity index (χ2n) is 5.23. The molecule has 0 spiro atoms. The predicted molar refractivity (Wildman–Crippen MR) is 77.6 cm³/mol. The molecule has 1 saturated carbocycles. The molecule has 1 aliphatic carbocycles. The zero-order valence-electron chi connectivity index (χ0n) is 11.2. The number of thiophene rings is 1. The van der Waals surface area contributed by atoms with Crippen LogP contribution in [0.15, 0.2) is 23.6 Å². The lowest BCUT2D eigenvalue weighted by atomic mass is 10.2. The van der Waals surface area contributed by atoms with Gasteiger partial charge in [-0.3, -0.25) is 9.89 Å². The molecule has 2 N–H and O–H groups in total. The van der Waals surface area contributed by atoms with Crippen molar-refractivity contribution in [2.24, 2.45) is 5.92 Å². The highest BCUT2D eigenvalue weighted by molar-refractivity contribution is 7.13. The van der Waals surface area contributed by atoms with Gasteiger partial charge in [0.05, 0.1) is 16.7 Å². The Morgan fingerprint density at radius 2 is 2.45 bits per heavy atom. The van der Waals surface area contributed by atoms with E-state index in [1.165, 1.54) is 4.90 Å². The van der Waals surface area contributed by atoms with E-state index >= 15 is 0 Å². The smallest absolute Gasteiger partial charge is 0.274 e. The first-order valence-corrected chi connectivity index (χ1v) is 7.56. The van der Waals surface area contributed by atoms with Crippen LogP contribution in [0.2, 0.25) is 0 Å². The average Bonchev–Trinajstić information content (AvgIpc) is 2.95. The van der Waals surface area contributed by atoms with Crippen molar-refractivity contribution in [1.82, 2.24) is 15.1 Å². The van der Waals surface area contributed by atoms with Crippen molar-refractivity contribution in [2.75, 3.05) is 13.6 Å². The summed E-state index contributed by atoms with van der Waals surface area (Å²) in [5.74, 6) is 0.204. The van der Waals surface area contributed by atoms with Gasteiger partial charge in [0, 0.05) is 13.6 Å². The molecule has 20 heavy (non-hydrogen) atoms. The standard InChI is InChI=1S/C14H17N3O2S/c1-17(8-12(18)9-4-5-9)14(19)11-7-10(15-16-11)13-3-2-6-20-13/h2-3,6-7,9,12,18H,4-5,8H2,1H3,(H,15,16). The van der Waals surface area contributed by atoms with Gasteiger partial charge in [-0.2, -0.15) is 5.10 Å². The number of nitrogens with zero attached hydrogens (tertiary/aromatic N) is 2. The Balaban J connectivity index is 1.67. The summed E-state index contributed by atoms with van der Waals surface area (Å²) in [5.41, 5.74) is 1.23. The van der Waals surface area contributed by atoms with Gasteiger partial charge in [0.1, 0.15) is 0 Å². The van der Waals surface area contributed by atoms with Gasteiger partial charge >= 0.3 is 0 Å². The Hall–Kier alpha value is -1.66. The van der Waals surface area contributed by atoms with E-state index in [2.05, 4.69) is 10.2 Å². The van der Waals surface area contributed by atoms with Crippen LogP contribution < -0.4 is 0 Å². The van der Waals surface area contributed by atoms with Crippen molar-refractivity contribution in [3.8, 4) is 10.6 Å². The molecule has 0 bridgehead atoms. The summed E-state index contributed by atoms with van der Waals surface area (Å²) in [4.78, 5) is 14.8. The highest BCUT2D eigenvalue weighted by atomic mass is 32.1. The van der Waals surface area contributed by atoms with Gasteiger partial charge in [-0.15, -0.1) is 11.3 Å². The van der Waals surface area contributed by atoms with E-state index in [0.29, 0.717) is 18.2 Å². The Bertz CT molecular complexity index is 589. The van der Waals surface area contributed by atoms with Crippen LogP contribution in [0.1, 0.15) is 23.3 Å². The van der Waals surface area contributed by atoms with Gasteiger partial charge in [0.2, 0.25) is 0 Å². The van der Waals surface area contributed by atoms with Crippen LogP contribution in [0.3, 0.4) is 0 Å². The van der Waals surface area contributed by atoms with Crippen molar-refractivity contribution < 1.29 is 9.90 Å². The summed E-state index contributed by atoms with van der Waals surface area (Å²) < 4.78 is 0. The summed E-state index contributed by atoms with van der Waals surface area (Å²) >= 11 is 1.60. The van der Waals surface area contributed by atoms with Gasteiger partial charge in [-0.05, 0) is 36.3 Å². The maximum Gasteiger partial charge on any atom is 0.274 e. The molecule has 106 valence electrons. The normalized spacial score (nSPS) is 16.1. The van der Waals surface area contributed by atoms with E-state index in [1.807, 2.05) is 17.5 Å². The Kier molecular flexibility index (Phi) is 3.58. The number of carbonyl (C=O) groups is 1. The van der Waals surface area contributed by atoms with Gasteiger partial charge in [-0.25, -0.2) is 0 Å². The number of aromatic amines is 1. The van der Waals surface area contributed by atoms with Crippen LogP contribution in [0.5, 0.6) is 0 Å². The number of amides is 1. The van der Waals surface area contributed by atoms with E-state index in [4.69, 9.17) is 0 Å². The Morgan fingerprint density at radius 1 is 1.65 bits per heavy atom. The highest BCUT2D eigenvalue weighted by Gasteiger charge is 2.31. The monoisotopic (exact) mass is 291 g/mol. The molecule has 2 aromatic heterocycles. The number of rotatable bonds is 5. The molecule has 1 unspecified atom stereocenters. The van der Waals surface area contributed by atoms with Crippen molar-refractivity contribution in [2.45, 2.75) is 18.9 Å². The van der Waals surface area contributed by atoms with Gasteiger partial charge in [-0.1, -0.05) is 6.07 Å². The first kappa shape index (κ1) is 13.3. The van der Waals surface area contributed by atoms with Crippen LogP contribution in [0, 0.1) is 5.92 Å². The fourth-order valence-corrected chi connectivity index (χ4v) is 2.87. The lowest BCUT2D eigenvalue weighted by Gasteiger charge is -2.19.